The van der Waals surface area contributed by atoms with Gasteiger partial charge in [0.25, 0.3) is 0 Å². The van der Waals surface area contributed by atoms with E-state index in [1.807, 2.05) is 0 Å². The molecule has 1 saturated heterocycles. The highest BCUT2D eigenvalue weighted by Gasteiger charge is 2.58. The highest BCUT2D eigenvalue weighted by molar-refractivity contribution is 7.91. The van der Waals surface area contributed by atoms with Crippen LogP contribution < -0.4 is 0 Å². The predicted octanol–water partition coefficient (Wildman–Crippen LogP) is -0.197. The summed E-state index contributed by atoms with van der Waals surface area (Å²) >= 11 is 0. The zero-order valence-corrected chi connectivity index (χ0v) is 7.10. The van der Waals surface area contributed by atoms with Gasteiger partial charge in [0.1, 0.15) is 0 Å². The van der Waals surface area contributed by atoms with Crippen LogP contribution in [-0.2, 0) is 9.84 Å². The maximum atomic E-state index is 11.1. The maximum Gasteiger partial charge on any atom is 0.150 e. The topological polar surface area (TPSA) is 54.4 Å². The minimum atomic E-state index is -2.75. The molecule has 3 nitrogen and oxygen atoms in total. The van der Waals surface area contributed by atoms with Crippen LogP contribution in [0.4, 0.5) is 0 Å². The van der Waals surface area contributed by atoms with Crippen LogP contribution in [-0.4, -0.2) is 31.6 Å². The molecule has 1 heterocycles. The number of hydrogen-bond donors (Lipinski definition) is 1. The molecule has 0 aromatic heterocycles. The van der Waals surface area contributed by atoms with Gasteiger partial charge >= 0.3 is 0 Å². The van der Waals surface area contributed by atoms with E-state index in [1.165, 1.54) is 0 Å². The molecule has 0 bridgehead atoms. The van der Waals surface area contributed by atoms with Gasteiger partial charge in [-0.3, -0.25) is 0 Å². The fourth-order valence-electron chi connectivity index (χ4n) is 2.11. The Labute approximate surface area is 66.3 Å². The lowest BCUT2D eigenvalue weighted by Gasteiger charge is -2.02. The molecule has 0 aromatic carbocycles. The summed E-state index contributed by atoms with van der Waals surface area (Å²) in [6, 6.07) is 0. The Morgan fingerprint density at radius 1 is 1.55 bits per heavy atom. The van der Waals surface area contributed by atoms with E-state index in [4.69, 9.17) is 5.11 Å². The Bertz CT molecular complexity index is 269. The summed E-state index contributed by atoms with van der Waals surface area (Å²) in [6.45, 7) is 0.162. The molecule has 1 aliphatic carbocycles. The minimum Gasteiger partial charge on any atom is -0.396 e. The Morgan fingerprint density at radius 3 is 2.64 bits per heavy atom. The Morgan fingerprint density at radius 2 is 2.27 bits per heavy atom. The van der Waals surface area contributed by atoms with E-state index in [0.717, 1.165) is 12.8 Å². The Balaban J connectivity index is 2.13. The summed E-state index contributed by atoms with van der Waals surface area (Å²) < 4.78 is 22.1. The first-order chi connectivity index (χ1) is 5.08. The average molecular weight is 176 g/mol. The lowest BCUT2D eigenvalue weighted by molar-refractivity contribution is 0.254. The van der Waals surface area contributed by atoms with Gasteiger partial charge < -0.3 is 5.11 Å². The number of sulfone groups is 1. The van der Waals surface area contributed by atoms with Gasteiger partial charge in [-0.1, -0.05) is 0 Å². The quantitative estimate of drug-likeness (QED) is 0.602. The Hall–Kier alpha value is -0.0900. The molecule has 1 aliphatic heterocycles. The summed E-state index contributed by atoms with van der Waals surface area (Å²) in [4.78, 5) is 0. The first-order valence-corrected chi connectivity index (χ1v) is 5.71. The third-order valence-corrected chi connectivity index (χ3v) is 4.84. The molecule has 4 heteroatoms. The van der Waals surface area contributed by atoms with Crippen molar-refractivity contribution in [3.63, 3.8) is 0 Å². The van der Waals surface area contributed by atoms with Crippen molar-refractivity contribution in [1.82, 2.24) is 0 Å². The molecule has 2 fully saturated rings. The van der Waals surface area contributed by atoms with Crippen LogP contribution in [0.1, 0.15) is 12.8 Å². The van der Waals surface area contributed by atoms with Crippen molar-refractivity contribution < 1.29 is 13.5 Å². The SMILES string of the molecule is O=S1(=O)CCC2(CC2CO)C1. The number of aliphatic hydroxyl groups is 1. The van der Waals surface area contributed by atoms with Crippen LogP contribution in [0.25, 0.3) is 0 Å². The normalized spacial score (nSPS) is 46.5. The average Bonchev–Trinajstić information content (AvgIpc) is 2.49. The van der Waals surface area contributed by atoms with Crippen LogP contribution in [0.15, 0.2) is 0 Å². The number of rotatable bonds is 1. The zero-order chi connectivity index (χ0) is 8.11. The van der Waals surface area contributed by atoms with E-state index in [0.29, 0.717) is 11.5 Å². The summed E-state index contributed by atoms with van der Waals surface area (Å²) in [5.41, 5.74) is 0.00752. The Kier molecular flexibility index (Phi) is 1.36. The molecule has 2 rings (SSSR count). The molecule has 64 valence electrons. The van der Waals surface area contributed by atoms with E-state index in [-0.39, 0.29) is 17.9 Å². The van der Waals surface area contributed by atoms with Crippen molar-refractivity contribution in [2.75, 3.05) is 18.1 Å². The van der Waals surface area contributed by atoms with Crippen LogP contribution in [0, 0.1) is 11.3 Å². The predicted molar refractivity (Wildman–Crippen MR) is 40.9 cm³/mol. The van der Waals surface area contributed by atoms with Gasteiger partial charge in [-0.2, -0.15) is 0 Å². The lowest BCUT2D eigenvalue weighted by atomic mass is 10.0. The van der Waals surface area contributed by atoms with Crippen molar-refractivity contribution >= 4 is 9.84 Å². The van der Waals surface area contributed by atoms with E-state index < -0.39 is 9.84 Å². The van der Waals surface area contributed by atoms with Gasteiger partial charge in [0.05, 0.1) is 11.5 Å². The van der Waals surface area contributed by atoms with E-state index in [9.17, 15) is 8.42 Å². The van der Waals surface area contributed by atoms with Gasteiger partial charge in [0.15, 0.2) is 9.84 Å². The second-order valence-corrected chi connectivity index (χ2v) is 5.97. The first-order valence-electron chi connectivity index (χ1n) is 3.89. The van der Waals surface area contributed by atoms with Gasteiger partial charge in [-0.25, -0.2) is 8.42 Å². The largest absolute Gasteiger partial charge is 0.396 e. The van der Waals surface area contributed by atoms with Crippen molar-refractivity contribution in [2.24, 2.45) is 11.3 Å². The summed E-state index contributed by atoms with van der Waals surface area (Å²) in [5.74, 6) is 0.939. The molecule has 11 heavy (non-hydrogen) atoms. The molecule has 0 aromatic rings. The van der Waals surface area contributed by atoms with Gasteiger partial charge in [-0.05, 0) is 24.2 Å². The molecule has 0 amide bonds. The third-order valence-electron chi connectivity index (χ3n) is 3.00. The second kappa shape index (κ2) is 1.98. The molecule has 1 saturated carbocycles. The molecule has 2 unspecified atom stereocenters. The van der Waals surface area contributed by atoms with E-state index in [2.05, 4.69) is 0 Å². The third kappa shape index (κ3) is 1.08. The van der Waals surface area contributed by atoms with Crippen molar-refractivity contribution in [2.45, 2.75) is 12.8 Å². The molecule has 1 N–H and O–H groups in total. The fraction of sp³-hybridized carbons (Fsp3) is 1.00. The summed E-state index contributed by atoms with van der Waals surface area (Å²) in [6.07, 6.45) is 1.70. The van der Waals surface area contributed by atoms with Crippen LogP contribution in [0.5, 0.6) is 0 Å². The van der Waals surface area contributed by atoms with Crippen LogP contribution >= 0.6 is 0 Å². The fourth-order valence-corrected chi connectivity index (χ4v) is 4.35. The molecular formula is C7H12O3S. The zero-order valence-electron chi connectivity index (χ0n) is 6.28. The van der Waals surface area contributed by atoms with Crippen LogP contribution in [0.2, 0.25) is 0 Å². The molecule has 1 spiro atoms. The van der Waals surface area contributed by atoms with Crippen molar-refractivity contribution in [1.29, 1.82) is 0 Å². The maximum absolute atomic E-state index is 11.1. The van der Waals surface area contributed by atoms with Crippen molar-refractivity contribution in [3.05, 3.63) is 0 Å². The van der Waals surface area contributed by atoms with E-state index in [1.54, 1.807) is 0 Å². The molecule has 2 atom stereocenters. The standard InChI is InChI=1S/C7H12O3S/c8-4-6-3-7(6)1-2-11(9,10)5-7/h6,8H,1-5H2. The molecule has 2 aliphatic rings. The summed E-state index contributed by atoms with van der Waals surface area (Å²) in [5, 5.41) is 8.81. The van der Waals surface area contributed by atoms with Gasteiger partial charge in [-0.15, -0.1) is 0 Å². The molecular weight excluding hydrogens is 164 g/mol. The first kappa shape index (κ1) is 7.55. The smallest absolute Gasteiger partial charge is 0.150 e. The number of hydrogen-bond acceptors (Lipinski definition) is 3. The minimum absolute atomic E-state index is 0.00752. The number of aliphatic hydroxyl groups excluding tert-OH is 1. The highest BCUT2D eigenvalue weighted by atomic mass is 32.2. The van der Waals surface area contributed by atoms with Crippen LogP contribution in [0.3, 0.4) is 0 Å². The highest BCUT2D eigenvalue weighted by Crippen LogP contribution is 2.58. The molecule has 0 radical (unpaired) electrons. The summed E-state index contributed by atoms with van der Waals surface area (Å²) in [7, 11) is -2.75. The van der Waals surface area contributed by atoms with Crippen molar-refractivity contribution in [3.8, 4) is 0 Å². The second-order valence-electron chi connectivity index (χ2n) is 3.79. The lowest BCUT2D eigenvalue weighted by Crippen LogP contribution is -2.08. The van der Waals surface area contributed by atoms with E-state index >= 15 is 0 Å². The van der Waals surface area contributed by atoms with Gasteiger partial charge in [0, 0.05) is 6.61 Å². The van der Waals surface area contributed by atoms with Gasteiger partial charge in [0.2, 0.25) is 0 Å². The monoisotopic (exact) mass is 176 g/mol.